The van der Waals surface area contributed by atoms with Crippen LogP contribution in [-0.2, 0) is 24.2 Å². The number of hydrogen-bond donors (Lipinski definition) is 0. The van der Waals surface area contributed by atoms with Crippen molar-refractivity contribution in [3.8, 4) is 0 Å². The third-order valence-electron chi connectivity index (χ3n) is 6.30. The van der Waals surface area contributed by atoms with Crippen LogP contribution in [0.1, 0.15) is 43.3 Å². The topological polar surface area (TPSA) is 28.9 Å². The minimum absolute atomic E-state index is 0.0872. The number of nitrogens with zero attached hydrogens (tertiary/aromatic N) is 2. The predicted molar refractivity (Wildman–Crippen MR) is 108 cm³/mol. The highest BCUT2D eigenvalue weighted by molar-refractivity contribution is 5.14. The Labute approximate surface area is 163 Å². The second-order valence-corrected chi connectivity index (χ2v) is 8.25. The molecule has 2 aliphatic heterocycles. The summed E-state index contributed by atoms with van der Waals surface area (Å²) in [5, 5.41) is 0. The van der Waals surface area contributed by atoms with Gasteiger partial charge in [-0.1, -0.05) is 37.3 Å². The molecule has 2 saturated heterocycles. The van der Waals surface area contributed by atoms with E-state index in [0.717, 1.165) is 70.0 Å². The second kappa shape index (κ2) is 8.17. The van der Waals surface area contributed by atoms with Gasteiger partial charge in [0.2, 0.25) is 0 Å². The van der Waals surface area contributed by atoms with Crippen molar-refractivity contribution >= 4 is 0 Å². The fraction of sp³-hybridized carbons (Fsp3) is 0.565. The summed E-state index contributed by atoms with van der Waals surface area (Å²) < 4.78 is 12.3. The van der Waals surface area contributed by atoms with E-state index in [-0.39, 0.29) is 5.60 Å². The van der Waals surface area contributed by atoms with Crippen LogP contribution < -0.4 is 0 Å². The van der Waals surface area contributed by atoms with Gasteiger partial charge in [-0.05, 0) is 44.0 Å². The van der Waals surface area contributed by atoms with E-state index in [9.17, 15) is 0 Å². The van der Waals surface area contributed by atoms with Crippen LogP contribution in [0.4, 0.5) is 0 Å². The highest BCUT2D eigenvalue weighted by Crippen LogP contribution is 2.38. The number of furan rings is 1. The maximum Gasteiger partial charge on any atom is 0.118 e. The third kappa shape index (κ3) is 4.45. The van der Waals surface area contributed by atoms with Crippen LogP contribution in [0.2, 0.25) is 0 Å². The van der Waals surface area contributed by atoms with E-state index in [1.165, 1.54) is 5.56 Å². The lowest BCUT2D eigenvalue weighted by molar-refractivity contribution is -0.0461. The van der Waals surface area contributed by atoms with Crippen LogP contribution in [0.25, 0.3) is 0 Å². The smallest absolute Gasteiger partial charge is 0.118 e. The van der Waals surface area contributed by atoms with E-state index in [4.69, 9.17) is 9.15 Å². The second-order valence-electron chi connectivity index (χ2n) is 8.25. The number of likely N-dealkylation sites (tertiary alicyclic amines) is 1. The third-order valence-corrected chi connectivity index (χ3v) is 6.30. The summed E-state index contributed by atoms with van der Waals surface area (Å²) in [4.78, 5) is 4.97. The van der Waals surface area contributed by atoms with Gasteiger partial charge in [-0.2, -0.15) is 0 Å². The number of piperidine rings is 1. The number of aryl methyl sites for hydroxylation is 1. The van der Waals surface area contributed by atoms with Gasteiger partial charge in [0.15, 0.2) is 0 Å². The molecular weight excluding hydrogens is 336 g/mol. The molecule has 0 radical (unpaired) electrons. The summed E-state index contributed by atoms with van der Waals surface area (Å²) in [6, 6.07) is 15.5. The zero-order chi connectivity index (χ0) is 18.7. The van der Waals surface area contributed by atoms with Crippen molar-refractivity contribution in [1.82, 2.24) is 9.80 Å². The van der Waals surface area contributed by atoms with Crippen LogP contribution in [0.5, 0.6) is 0 Å². The standard InChI is InChI=1S/C23H32N2O2/c1-3-21-9-10-22(27-21)17-25-13-11-23(12-14-25)15-20(18-26-23)24(2)16-19-7-5-4-6-8-19/h4-10,20H,3,11-18H2,1-2H3/t20-/m0/s1. The number of hydrogen-bond acceptors (Lipinski definition) is 4. The Morgan fingerprint density at radius 1 is 1.07 bits per heavy atom. The average molecular weight is 369 g/mol. The molecule has 4 heteroatoms. The lowest BCUT2D eigenvalue weighted by Crippen LogP contribution is -2.44. The van der Waals surface area contributed by atoms with E-state index in [0.29, 0.717) is 6.04 Å². The largest absolute Gasteiger partial charge is 0.465 e. The summed E-state index contributed by atoms with van der Waals surface area (Å²) in [5.74, 6) is 2.18. The molecule has 0 N–H and O–H groups in total. The number of benzene rings is 1. The normalized spacial score (nSPS) is 22.7. The van der Waals surface area contributed by atoms with E-state index in [1.54, 1.807) is 0 Å². The Morgan fingerprint density at radius 2 is 1.81 bits per heavy atom. The van der Waals surface area contributed by atoms with Crippen molar-refractivity contribution in [2.24, 2.45) is 0 Å². The Bertz CT molecular complexity index is 719. The molecular formula is C23H32N2O2. The molecule has 27 heavy (non-hydrogen) atoms. The monoisotopic (exact) mass is 368 g/mol. The Morgan fingerprint density at radius 3 is 2.52 bits per heavy atom. The molecule has 0 saturated carbocycles. The Balaban J connectivity index is 1.27. The first-order valence-corrected chi connectivity index (χ1v) is 10.3. The van der Waals surface area contributed by atoms with Gasteiger partial charge in [-0.25, -0.2) is 0 Å². The quantitative estimate of drug-likeness (QED) is 0.768. The fourth-order valence-corrected chi connectivity index (χ4v) is 4.49. The van der Waals surface area contributed by atoms with Gasteiger partial charge in [-0.15, -0.1) is 0 Å². The van der Waals surface area contributed by atoms with Crippen LogP contribution in [0, 0.1) is 0 Å². The highest BCUT2D eigenvalue weighted by Gasteiger charge is 2.43. The van der Waals surface area contributed by atoms with Gasteiger partial charge in [0.1, 0.15) is 11.5 Å². The van der Waals surface area contributed by atoms with Gasteiger partial charge in [0.25, 0.3) is 0 Å². The van der Waals surface area contributed by atoms with Crippen molar-refractivity contribution in [3.63, 3.8) is 0 Å². The molecule has 0 amide bonds. The lowest BCUT2D eigenvalue weighted by atomic mass is 9.87. The molecule has 0 bridgehead atoms. The molecule has 4 nitrogen and oxygen atoms in total. The van der Waals surface area contributed by atoms with Gasteiger partial charge in [0, 0.05) is 32.1 Å². The zero-order valence-corrected chi connectivity index (χ0v) is 16.7. The molecule has 0 unspecified atom stereocenters. The molecule has 4 rings (SSSR count). The Kier molecular flexibility index (Phi) is 5.67. The summed E-state index contributed by atoms with van der Waals surface area (Å²) in [6.07, 6.45) is 4.38. The van der Waals surface area contributed by atoms with Crippen LogP contribution in [0.15, 0.2) is 46.9 Å². The van der Waals surface area contributed by atoms with Crippen LogP contribution in [-0.4, -0.2) is 48.2 Å². The summed E-state index contributed by atoms with van der Waals surface area (Å²) in [5.41, 5.74) is 1.46. The minimum atomic E-state index is 0.0872. The van der Waals surface area contributed by atoms with Crippen molar-refractivity contribution < 1.29 is 9.15 Å². The first-order chi connectivity index (χ1) is 13.2. The SMILES string of the molecule is CCc1ccc(CN2CCC3(CC2)C[C@H](N(C)Cc2ccccc2)CO3)o1. The lowest BCUT2D eigenvalue weighted by Gasteiger charge is -2.38. The number of rotatable bonds is 6. The maximum absolute atomic E-state index is 6.38. The molecule has 3 heterocycles. The van der Waals surface area contributed by atoms with Crippen LogP contribution in [0.3, 0.4) is 0 Å². The predicted octanol–water partition coefficient (Wildman–Crippen LogP) is 4.10. The van der Waals surface area contributed by atoms with Gasteiger partial charge < -0.3 is 9.15 Å². The summed E-state index contributed by atoms with van der Waals surface area (Å²) >= 11 is 0. The van der Waals surface area contributed by atoms with E-state index in [1.807, 2.05) is 0 Å². The first kappa shape index (κ1) is 18.7. The molecule has 2 aliphatic rings. The van der Waals surface area contributed by atoms with Crippen molar-refractivity contribution in [3.05, 3.63) is 59.5 Å². The maximum atomic E-state index is 6.38. The molecule has 0 aliphatic carbocycles. The molecule has 1 aromatic heterocycles. The molecule has 1 spiro atoms. The molecule has 1 atom stereocenters. The first-order valence-electron chi connectivity index (χ1n) is 10.3. The fourth-order valence-electron chi connectivity index (χ4n) is 4.49. The summed E-state index contributed by atoms with van der Waals surface area (Å²) in [6.45, 7) is 7.11. The van der Waals surface area contributed by atoms with E-state index in [2.05, 4.69) is 66.2 Å². The molecule has 1 aromatic carbocycles. The van der Waals surface area contributed by atoms with Gasteiger partial charge >= 0.3 is 0 Å². The highest BCUT2D eigenvalue weighted by atomic mass is 16.5. The van der Waals surface area contributed by atoms with Crippen molar-refractivity contribution in [1.29, 1.82) is 0 Å². The number of ether oxygens (including phenoxy) is 1. The van der Waals surface area contributed by atoms with E-state index >= 15 is 0 Å². The van der Waals surface area contributed by atoms with Gasteiger partial charge in [0.05, 0.1) is 18.8 Å². The van der Waals surface area contributed by atoms with Gasteiger partial charge in [-0.3, -0.25) is 9.80 Å². The molecule has 2 aromatic rings. The minimum Gasteiger partial charge on any atom is -0.465 e. The molecule has 146 valence electrons. The Hall–Kier alpha value is -1.62. The number of likely N-dealkylation sites (N-methyl/N-ethyl adjacent to an activating group) is 1. The zero-order valence-electron chi connectivity index (χ0n) is 16.7. The van der Waals surface area contributed by atoms with E-state index < -0.39 is 0 Å². The van der Waals surface area contributed by atoms with Crippen LogP contribution >= 0.6 is 0 Å². The average Bonchev–Trinajstić information content (AvgIpc) is 3.32. The molecule has 2 fully saturated rings. The summed E-state index contributed by atoms with van der Waals surface area (Å²) in [7, 11) is 2.23. The van der Waals surface area contributed by atoms with Crippen molar-refractivity contribution in [2.75, 3.05) is 26.7 Å². The van der Waals surface area contributed by atoms with Crippen molar-refractivity contribution in [2.45, 2.75) is 57.3 Å².